The molecular formula is C13H24N2O. The maximum absolute atomic E-state index is 5.37. The van der Waals surface area contributed by atoms with Gasteiger partial charge in [-0.15, -0.1) is 0 Å². The van der Waals surface area contributed by atoms with E-state index in [4.69, 9.17) is 4.74 Å². The van der Waals surface area contributed by atoms with Gasteiger partial charge < -0.3 is 10.1 Å². The Balaban J connectivity index is 1.53. The van der Waals surface area contributed by atoms with Crippen molar-refractivity contribution in [2.45, 2.75) is 44.2 Å². The molecule has 0 aromatic heterocycles. The summed E-state index contributed by atoms with van der Waals surface area (Å²) in [6.07, 6.45) is 7.30. The van der Waals surface area contributed by atoms with Crippen LogP contribution in [0.3, 0.4) is 0 Å². The van der Waals surface area contributed by atoms with Crippen molar-refractivity contribution < 1.29 is 4.74 Å². The minimum absolute atomic E-state index is 0.547. The summed E-state index contributed by atoms with van der Waals surface area (Å²) in [6, 6.07) is 0.825. The van der Waals surface area contributed by atoms with Crippen molar-refractivity contribution in [2.75, 3.05) is 33.3 Å². The van der Waals surface area contributed by atoms with E-state index in [-0.39, 0.29) is 0 Å². The largest absolute Gasteiger partial charge is 0.381 e. The van der Waals surface area contributed by atoms with Crippen LogP contribution in [0.5, 0.6) is 0 Å². The van der Waals surface area contributed by atoms with Crippen molar-refractivity contribution in [3.63, 3.8) is 0 Å². The summed E-state index contributed by atoms with van der Waals surface area (Å²) in [4.78, 5) is 2.72. The van der Waals surface area contributed by atoms with E-state index in [0.29, 0.717) is 11.5 Å². The molecule has 3 heteroatoms. The molecule has 0 bridgehead atoms. The molecule has 3 nitrogen and oxygen atoms in total. The molecule has 1 unspecified atom stereocenters. The lowest BCUT2D eigenvalue weighted by atomic mass is 9.80. The molecule has 2 aliphatic heterocycles. The molecule has 3 aliphatic rings. The van der Waals surface area contributed by atoms with Crippen molar-refractivity contribution in [3.05, 3.63) is 0 Å². The molecule has 1 saturated carbocycles. The number of hydrogen-bond donors (Lipinski definition) is 1. The van der Waals surface area contributed by atoms with Crippen LogP contribution >= 0.6 is 0 Å². The average Bonchev–Trinajstić information content (AvgIpc) is 2.62. The second-order valence-corrected chi connectivity index (χ2v) is 5.98. The van der Waals surface area contributed by atoms with Crippen LogP contribution in [0.25, 0.3) is 0 Å². The lowest BCUT2D eigenvalue weighted by Crippen LogP contribution is -2.49. The maximum Gasteiger partial charge on any atom is 0.0601 e. The third kappa shape index (κ3) is 1.89. The number of piperidine rings is 1. The highest BCUT2D eigenvalue weighted by molar-refractivity contribution is 4.98. The van der Waals surface area contributed by atoms with Gasteiger partial charge in [0.05, 0.1) is 6.10 Å². The number of hydrogen-bond acceptors (Lipinski definition) is 3. The average molecular weight is 224 g/mol. The Hall–Kier alpha value is -0.120. The predicted octanol–water partition coefficient (Wildman–Crippen LogP) is 1.24. The van der Waals surface area contributed by atoms with Gasteiger partial charge in [-0.1, -0.05) is 0 Å². The normalized spacial score (nSPS) is 44.8. The fraction of sp³-hybridized carbons (Fsp3) is 1.00. The van der Waals surface area contributed by atoms with Gasteiger partial charge in [-0.2, -0.15) is 0 Å². The number of rotatable bonds is 2. The van der Waals surface area contributed by atoms with Crippen molar-refractivity contribution in [2.24, 2.45) is 5.41 Å². The van der Waals surface area contributed by atoms with Crippen LogP contribution in [0.2, 0.25) is 0 Å². The van der Waals surface area contributed by atoms with Crippen LogP contribution in [-0.4, -0.2) is 50.3 Å². The first-order chi connectivity index (χ1) is 7.81. The Kier molecular flexibility index (Phi) is 2.94. The van der Waals surface area contributed by atoms with Crippen LogP contribution in [0, 0.1) is 5.41 Å². The van der Waals surface area contributed by atoms with Gasteiger partial charge in [0.15, 0.2) is 0 Å². The Morgan fingerprint density at radius 3 is 2.88 bits per heavy atom. The van der Waals surface area contributed by atoms with Crippen LogP contribution in [-0.2, 0) is 4.74 Å². The third-order valence-corrected chi connectivity index (χ3v) is 4.95. The van der Waals surface area contributed by atoms with Crippen LogP contribution in [0.1, 0.15) is 32.1 Å². The smallest absolute Gasteiger partial charge is 0.0601 e. The van der Waals surface area contributed by atoms with Crippen LogP contribution < -0.4 is 5.32 Å². The molecule has 1 spiro atoms. The summed E-state index contributed by atoms with van der Waals surface area (Å²) in [5.41, 5.74) is 0.621. The highest BCUT2D eigenvalue weighted by atomic mass is 16.5. The summed E-state index contributed by atoms with van der Waals surface area (Å²) in [5.74, 6) is 0. The zero-order valence-corrected chi connectivity index (χ0v) is 10.4. The fourth-order valence-corrected chi connectivity index (χ4v) is 3.69. The topological polar surface area (TPSA) is 24.5 Å². The molecule has 1 N–H and O–H groups in total. The van der Waals surface area contributed by atoms with E-state index in [0.717, 1.165) is 6.04 Å². The van der Waals surface area contributed by atoms with Gasteiger partial charge in [-0.3, -0.25) is 4.90 Å². The number of ether oxygens (including phenoxy) is 1. The summed E-state index contributed by atoms with van der Waals surface area (Å²) < 4.78 is 5.37. The van der Waals surface area contributed by atoms with Gasteiger partial charge in [0.2, 0.25) is 0 Å². The number of nitrogens with one attached hydrogen (secondary N) is 1. The zero-order valence-electron chi connectivity index (χ0n) is 10.4. The minimum Gasteiger partial charge on any atom is -0.381 e. The first-order valence-electron chi connectivity index (χ1n) is 6.79. The molecular weight excluding hydrogens is 200 g/mol. The van der Waals surface area contributed by atoms with Crippen molar-refractivity contribution in [1.29, 1.82) is 0 Å². The molecule has 92 valence electrons. The molecule has 3 rings (SSSR count). The van der Waals surface area contributed by atoms with E-state index in [1.165, 1.54) is 58.3 Å². The predicted molar refractivity (Wildman–Crippen MR) is 64.5 cm³/mol. The minimum atomic E-state index is 0.547. The molecule has 3 fully saturated rings. The standard InChI is InChI=1S/C13H24N2O/c1-16-12-7-11(8-12)15-6-4-13(10-15)3-2-5-14-9-13/h11-12,14H,2-10H2,1H3/t11-,12-,13?. The third-order valence-electron chi connectivity index (χ3n) is 4.95. The van der Waals surface area contributed by atoms with Crippen LogP contribution in [0.15, 0.2) is 0 Å². The quantitative estimate of drug-likeness (QED) is 0.764. The second kappa shape index (κ2) is 4.28. The highest BCUT2D eigenvalue weighted by Gasteiger charge is 2.44. The summed E-state index contributed by atoms with van der Waals surface area (Å²) in [6.45, 7) is 5.14. The van der Waals surface area contributed by atoms with E-state index in [1.54, 1.807) is 0 Å². The lowest BCUT2D eigenvalue weighted by molar-refractivity contribution is -0.0238. The molecule has 2 heterocycles. The summed E-state index contributed by atoms with van der Waals surface area (Å²) in [7, 11) is 1.84. The summed E-state index contributed by atoms with van der Waals surface area (Å²) in [5, 5.41) is 3.58. The number of nitrogens with zero attached hydrogens (tertiary/aromatic N) is 1. The van der Waals surface area contributed by atoms with E-state index in [1.807, 2.05) is 7.11 Å². The SMILES string of the molecule is CO[C@H]1C[C@H](N2CCC3(CCCNC3)C2)C1. The monoisotopic (exact) mass is 224 g/mol. The van der Waals surface area contributed by atoms with E-state index in [9.17, 15) is 0 Å². The lowest BCUT2D eigenvalue weighted by Gasteiger charge is -2.42. The first kappa shape index (κ1) is 11.0. The van der Waals surface area contributed by atoms with E-state index < -0.39 is 0 Å². The second-order valence-electron chi connectivity index (χ2n) is 5.98. The molecule has 1 atom stereocenters. The van der Waals surface area contributed by atoms with E-state index in [2.05, 4.69) is 10.2 Å². The Morgan fingerprint density at radius 1 is 1.31 bits per heavy atom. The van der Waals surface area contributed by atoms with Gasteiger partial charge in [0, 0.05) is 26.2 Å². The molecule has 2 saturated heterocycles. The van der Waals surface area contributed by atoms with Gasteiger partial charge in [-0.25, -0.2) is 0 Å². The number of likely N-dealkylation sites (tertiary alicyclic amines) is 1. The molecule has 0 radical (unpaired) electrons. The Bertz CT molecular complexity index is 244. The van der Waals surface area contributed by atoms with E-state index >= 15 is 0 Å². The van der Waals surface area contributed by atoms with Crippen molar-refractivity contribution in [1.82, 2.24) is 10.2 Å². The van der Waals surface area contributed by atoms with Crippen molar-refractivity contribution >= 4 is 0 Å². The van der Waals surface area contributed by atoms with Crippen LogP contribution in [0.4, 0.5) is 0 Å². The summed E-state index contributed by atoms with van der Waals surface area (Å²) >= 11 is 0. The Morgan fingerprint density at radius 2 is 2.19 bits per heavy atom. The van der Waals surface area contributed by atoms with Gasteiger partial charge in [0.25, 0.3) is 0 Å². The number of methoxy groups -OCH3 is 1. The first-order valence-corrected chi connectivity index (χ1v) is 6.79. The van der Waals surface area contributed by atoms with Gasteiger partial charge in [0.1, 0.15) is 0 Å². The fourth-order valence-electron chi connectivity index (χ4n) is 3.69. The maximum atomic E-state index is 5.37. The zero-order chi connectivity index (χ0) is 11.0. The Labute approximate surface area is 98.5 Å². The van der Waals surface area contributed by atoms with Crippen molar-refractivity contribution in [3.8, 4) is 0 Å². The van der Waals surface area contributed by atoms with Gasteiger partial charge >= 0.3 is 0 Å². The van der Waals surface area contributed by atoms with Gasteiger partial charge in [-0.05, 0) is 50.6 Å². The highest BCUT2D eigenvalue weighted by Crippen LogP contribution is 2.40. The molecule has 1 aliphatic carbocycles. The molecule has 0 aromatic rings. The molecule has 16 heavy (non-hydrogen) atoms. The molecule has 0 aromatic carbocycles. The molecule has 0 amide bonds.